The van der Waals surface area contributed by atoms with Crippen molar-refractivity contribution >= 4 is 27.7 Å². The van der Waals surface area contributed by atoms with Gasteiger partial charge in [-0.1, -0.05) is 15.9 Å². The fourth-order valence-electron chi connectivity index (χ4n) is 1.47. The van der Waals surface area contributed by atoms with Crippen molar-refractivity contribution < 1.29 is 9.90 Å². The Morgan fingerprint density at radius 2 is 2.06 bits per heavy atom. The molecule has 90 valence electrons. The highest BCUT2D eigenvalue weighted by Crippen LogP contribution is 2.21. The number of rotatable bonds is 2. The summed E-state index contributed by atoms with van der Waals surface area (Å²) in [6, 6.07) is 8.70. The number of nitrogens with zero attached hydrogens (tertiary/aromatic N) is 3. The van der Waals surface area contributed by atoms with Gasteiger partial charge in [0.1, 0.15) is 17.5 Å². The number of carbonyl (C=O) groups is 1. The normalized spacial score (nSPS) is 10.0. The lowest BCUT2D eigenvalue weighted by Gasteiger charge is -2.03. The lowest BCUT2D eigenvalue weighted by molar-refractivity contribution is 0.0689. The number of anilines is 1. The molecular weight excluding hydrogens is 300 g/mol. The quantitative estimate of drug-likeness (QED) is 0.880. The van der Waals surface area contributed by atoms with Gasteiger partial charge in [0.25, 0.3) is 0 Å². The van der Waals surface area contributed by atoms with Crippen LogP contribution in [-0.2, 0) is 0 Å². The fraction of sp³-hybridized carbons (Fsp3) is 0. The number of aromatic carboxylic acids is 1. The Labute approximate surface area is 110 Å². The summed E-state index contributed by atoms with van der Waals surface area (Å²) in [5.41, 5.74) is 5.83. The largest absolute Gasteiger partial charge is 0.476 e. The first-order chi connectivity index (χ1) is 8.54. The average Bonchev–Trinajstić information content (AvgIpc) is 2.67. The number of halogens is 1. The molecule has 0 bridgehead atoms. The van der Waals surface area contributed by atoms with Crippen molar-refractivity contribution in [3.63, 3.8) is 0 Å². The van der Waals surface area contributed by atoms with E-state index in [0.29, 0.717) is 5.69 Å². The molecule has 18 heavy (non-hydrogen) atoms. The summed E-state index contributed by atoms with van der Waals surface area (Å²) in [5.74, 6) is -1.27. The van der Waals surface area contributed by atoms with Crippen LogP contribution in [0.4, 0.5) is 5.82 Å². The Kier molecular flexibility index (Phi) is 3.04. The molecular formula is C11H7BrN4O2. The number of hydrogen-bond donors (Lipinski definition) is 2. The summed E-state index contributed by atoms with van der Waals surface area (Å²) in [5, 5.41) is 21.7. The van der Waals surface area contributed by atoms with E-state index in [0.717, 1.165) is 4.47 Å². The van der Waals surface area contributed by atoms with Crippen molar-refractivity contribution in [2.24, 2.45) is 0 Å². The molecule has 0 spiro atoms. The van der Waals surface area contributed by atoms with Gasteiger partial charge in [-0.15, -0.1) is 0 Å². The lowest BCUT2D eigenvalue weighted by Crippen LogP contribution is -2.03. The van der Waals surface area contributed by atoms with Gasteiger partial charge in [-0.25, -0.2) is 9.48 Å². The zero-order valence-electron chi connectivity index (χ0n) is 8.96. The van der Waals surface area contributed by atoms with Crippen LogP contribution in [0.3, 0.4) is 0 Å². The molecule has 6 nitrogen and oxygen atoms in total. The monoisotopic (exact) mass is 306 g/mol. The maximum atomic E-state index is 10.9. The van der Waals surface area contributed by atoms with Gasteiger partial charge in [-0.2, -0.15) is 10.4 Å². The van der Waals surface area contributed by atoms with E-state index in [1.807, 2.05) is 0 Å². The van der Waals surface area contributed by atoms with Crippen molar-refractivity contribution in [1.29, 1.82) is 5.26 Å². The highest BCUT2D eigenvalue weighted by atomic mass is 79.9. The van der Waals surface area contributed by atoms with Crippen LogP contribution in [0.1, 0.15) is 16.1 Å². The van der Waals surface area contributed by atoms with E-state index in [1.54, 1.807) is 30.3 Å². The van der Waals surface area contributed by atoms with Crippen LogP contribution in [-0.4, -0.2) is 20.9 Å². The molecule has 0 unspecified atom stereocenters. The molecule has 1 aromatic carbocycles. The van der Waals surface area contributed by atoms with Gasteiger partial charge in [-0.05, 0) is 24.3 Å². The molecule has 0 aliphatic carbocycles. The van der Waals surface area contributed by atoms with Gasteiger partial charge in [0.05, 0.1) is 5.69 Å². The molecule has 0 atom stereocenters. The van der Waals surface area contributed by atoms with Crippen molar-refractivity contribution in [1.82, 2.24) is 9.78 Å². The second kappa shape index (κ2) is 4.50. The number of nitrogens with two attached hydrogens (primary N) is 1. The Hall–Kier alpha value is -2.33. The predicted molar refractivity (Wildman–Crippen MR) is 67.4 cm³/mol. The van der Waals surface area contributed by atoms with Crippen LogP contribution in [0.2, 0.25) is 0 Å². The van der Waals surface area contributed by atoms with Gasteiger partial charge in [0, 0.05) is 4.47 Å². The number of carboxylic acid groups (broad SMARTS) is 1. The Bertz CT molecular complexity index is 655. The first-order valence-corrected chi connectivity index (χ1v) is 5.61. The maximum absolute atomic E-state index is 10.9. The zero-order chi connectivity index (χ0) is 13.3. The Morgan fingerprint density at radius 3 is 2.50 bits per heavy atom. The predicted octanol–water partition coefficient (Wildman–Crippen LogP) is 1.79. The molecule has 2 aromatic rings. The molecule has 0 aliphatic heterocycles. The summed E-state index contributed by atoms with van der Waals surface area (Å²) < 4.78 is 2.10. The molecule has 0 saturated carbocycles. The third kappa shape index (κ3) is 1.94. The van der Waals surface area contributed by atoms with Crippen LogP contribution in [0.25, 0.3) is 5.69 Å². The van der Waals surface area contributed by atoms with Crippen LogP contribution >= 0.6 is 15.9 Å². The summed E-state index contributed by atoms with van der Waals surface area (Å²) in [6.07, 6.45) is 0. The number of carboxylic acids is 1. The number of hydrogen-bond acceptors (Lipinski definition) is 4. The van der Waals surface area contributed by atoms with Gasteiger partial charge in [0.15, 0.2) is 5.69 Å². The third-order valence-corrected chi connectivity index (χ3v) is 2.84. The van der Waals surface area contributed by atoms with Crippen molar-refractivity contribution in [3.8, 4) is 11.8 Å². The molecule has 0 amide bonds. The smallest absolute Gasteiger partial charge is 0.357 e. The van der Waals surface area contributed by atoms with E-state index in [2.05, 4.69) is 21.0 Å². The SMILES string of the molecule is N#Cc1c(C(=O)O)nn(-c2ccc(Br)cc2)c1N. The molecule has 0 fully saturated rings. The number of benzene rings is 1. The van der Waals surface area contributed by atoms with Crippen LogP contribution in [0.5, 0.6) is 0 Å². The molecule has 7 heteroatoms. The highest BCUT2D eigenvalue weighted by Gasteiger charge is 2.21. The summed E-state index contributed by atoms with van der Waals surface area (Å²) in [6.45, 7) is 0. The number of nitrogen functional groups attached to an aromatic ring is 1. The Morgan fingerprint density at radius 1 is 1.44 bits per heavy atom. The second-order valence-corrected chi connectivity index (χ2v) is 4.33. The van der Waals surface area contributed by atoms with E-state index in [9.17, 15) is 4.79 Å². The van der Waals surface area contributed by atoms with E-state index < -0.39 is 5.97 Å². The molecule has 1 heterocycles. The van der Waals surface area contributed by atoms with Crippen LogP contribution < -0.4 is 5.73 Å². The van der Waals surface area contributed by atoms with Crippen LogP contribution in [0.15, 0.2) is 28.7 Å². The number of nitriles is 1. The van der Waals surface area contributed by atoms with E-state index in [-0.39, 0.29) is 17.1 Å². The van der Waals surface area contributed by atoms with Crippen molar-refractivity contribution in [3.05, 3.63) is 40.0 Å². The zero-order valence-corrected chi connectivity index (χ0v) is 10.5. The summed E-state index contributed by atoms with van der Waals surface area (Å²) in [7, 11) is 0. The minimum absolute atomic E-state index is 0.0113. The van der Waals surface area contributed by atoms with Gasteiger partial charge in [-0.3, -0.25) is 0 Å². The van der Waals surface area contributed by atoms with E-state index >= 15 is 0 Å². The minimum Gasteiger partial charge on any atom is -0.476 e. The van der Waals surface area contributed by atoms with Gasteiger partial charge < -0.3 is 10.8 Å². The van der Waals surface area contributed by atoms with Crippen molar-refractivity contribution in [2.75, 3.05) is 5.73 Å². The first kappa shape index (κ1) is 12.1. The molecule has 3 N–H and O–H groups in total. The second-order valence-electron chi connectivity index (χ2n) is 3.41. The van der Waals surface area contributed by atoms with Crippen LogP contribution in [0, 0.1) is 11.3 Å². The standard InChI is InChI=1S/C11H7BrN4O2/c12-6-1-3-7(4-2-6)16-10(14)8(5-13)9(15-16)11(17)18/h1-4H,14H2,(H,17,18). The lowest BCUT2D eigenvalue weighted by atomic mass is 10.2. The Balaban J connectivity index is 2.63. The molecule has 1 aromatic heterocycles. The molecule has 2 rings (SSSR count). The fourth-order valence-corrected chi connectivity index (χ4v) is 1.73. The molecule has 0 saturated heterocycles. The van der Waals surface area contributed by atoms with E-state index in [4.69, 9.17) is 16.1 Å². The van der Waals surface area contributed by atoms with Crippen molar-refractivity contribution in [2.45, 2.75) is 0 Å². The van der Waals surface area contributed by atoms with Gasteiger partial charge >= 0.3 is 5.97 Å². The molecule has 0 radical (unpaired) electrons. The first-order valence-electron chi connectivity index (χ1n) is 4.82. The number of aromatic nitrogens is 2. The summed E-state index contributed by atoms with van der Waals surface area (Å²) in [4.78, 5) is 10.9. The topological polar surface area (TPSA) is 105 Å². The third-order valence-electron chi connectivity index (χ3n) is 2.31. The van der Waals surface area contributed by atoms with Gasteiger partial charge in [0.2, 0.25) is 0 Å². The maximum Gasteiger partial charge on any atom is 0.357 e. The summed E-state index contributed by atoms with van der Waals surface area (Å²) >= 11 is 3.29. The minimum atomic E-state index is -1.28. The van der Waals surface area contributed by atoms with E-state index in [1.165, 1.54) is 4.68 Å². The highest BCUT2D eigenvalue weighted by molar-refractivity contribution is 9.10. The average molecular weight is 307 g/mol. The molecule has 0 aliphatic rings.